The third-order valence-corrected chi connectivity index (χ3v) is 6.81. The first-order valence-electron chi connectivity index (χ1n) is 8.76. The predicted molar refractivity (Wildman–Crippen MR) is 99.5 cm³/mol. The van der Waals surface area contributed by atoms with E-state index in [1.54, 1.807) is 16.7 Å². The number of carbonyl (C=O) groups is 2. The molecule has 0 spiro atoms. The van der Waals surface area contributed by atoms with Crippen LogP contribution in [0.4, 0.5) is 11.4 Å². The van der Waals surface area contributed by atoms with Crippen LogP contribution in [-0.2, 0) is 9.59 Å². The van der Waals surface area contributed by atoms with Crippen LogP contribution in [0.5, 0.6) is 0 Å². The van der Waals surface area contributed by atoms with Crippen LogP contribution in [0.3, 0.4) is 0 Å². The minimum absolute atomic E-state index is 0.0162. The van der Waals surface area contributed by atoms with Gasteiger partial charge in [0.05, 0.1) is 23.2 Å². The highest BCUT2D eigenvalue weighted by atomic mass is 32.2. The minimum Gasteiger partial charge on any atom is -0.481 e. The standard InChI is InChI=1S/C21H17NO3S/c23-20(18-12-9-10-13(11-12)19(18)21(24)25)22-14-5-1-3-7-16(14)26-17-8-4-2-6-15(17)22/h1-10,12-13,18-19H,11H2,(H,24,25). The highest BCUT2D eigenvalue weighted by Crippen LogP contribution is 2.53. The van der Waals surface area contributed by atoms with E-state index in [9.17, 15) is 14.7 Å². The summed E-state index contributed by atoms with van der Waals surface area (Å²) in [6.07, 6.45) is 4.77. The normalized spacial score (nSPS) is 27.9. The van der Waals surface area contributed by atoms with Crippen LogP contribution in [0.15, 0.2) is 70.5 Å². The van der Waals surface area contributed by atoms with Gasteiger partial charge in [-0.1, -0.05) is 48.2 Å². The van der Waals surface area contributed by atoms with Gasteiger partial charge in [-0.15, -0.1) is 0 Å². The quantitative estimate of drug-likeness (QED) is 0.807. The van der Waals surface area contributed by atoms with Gasteiger partial charge in [-0.2, -0.15) is 0 Å². The van der Waals surface area contributed by atoms with Crippen LogP contribution < -0.4 is 4.90 Å². The van der Waals surface area contributed by atoms with Gasteiger partial charge in [0.1, 0.15) is 0 Å². The largest absolute Gasteiger partial charge is 0.481 e. The second kappa shape index (κ2) is 5.74. The molecule has 3 aliphatic rings. The number of carboxylic acid groups (broad SMARTS) is 1. The number of hydrogen-bond donors (Lipinski definition) is 1. The number of amides is 1. The third kappa shape index (κ3) is 2.16. The summed E-state index contributed by atoms with van der Waals surface area (Å²) in [6.45, 7) is 0. The lowest BCUT2D eigenvalue weighted by atomic mass is 9.82. The number of nitrogens with zero attached hydrogens (tertiary/aromatic N) is 1. The van der Waals surface area contributed by atoms with Gasteiger partial charge in [-0.3, -0.25) is 14.5 Å². The van der Waals surface area contributed by atoms with Crippen LogP contribution in [0.2, 0.25) is 0 Å². The van der Waals surface area contributed by atoms with Gasteiger partial charge in [0, 0.05) is 9.79 Å². The topological polar surface area (TPSA) is 57.6 Å². The molecule has 2 aromatic carbocycles. The highest BCUT2D eigenvalue weighted by molar-refractivity contribution is 7.99. The maximum absolute atomic E-state index is 13.7. The number of benzene rings is 2. The lowest BCUT2D eigenvalue weighted by Crippen LogP contribution is -2.41. The number of hydrogen-bond acceptors (Lipinski definition) is 3. The third-order valence-electron chi connectivity index (χ3n) is 5.68. The highest BCUT2D eigenvalue weighted by Gasteiger charge is 2.53. The number of fused-ring (bicyclic) bond motifs is 4. The van der Waals surface area contributed by atoms with E-state index < -0.39 is 17.8 Å². The molecule has 4 atom stereocenters. The SMILES string of the molecule is O=C(O)C1C2C=CC(C2)C1C(=O)N1c2ccccc2Sc2ccccc21. The van der Waals surface area contributed by atoms with Gasteiger partial charge in [-0.05, 0) is 42.5 Å². The molecular weight excluding hydrogens is 346 g/mol. The van der Waals surface area contributed by atoms with Crippen molar-refractivity contribution in [3.8, 4) is 0 Å². The van der Waals surface area contributed by atoms with Gasteiger partial charge in [0.15, 0.2) is 0 Å². The van der Waals surface area contributed by atoms with Crippen molar-refractivity contribution in [2.75, 3.05) is 4.90 Å². The first kappa shape index (κ1) is 15.7. The molecule has 5 heteroatoms. The first-order valence-corrected chi connectivity index (χ1v) is 9.58. The summed E-state index contributed by atoms with van der Waals surface area (Å²) in [5, 5.41) is 9.73. The number of rotatable bonds is 2. The van der Waals surface area contributed by atoms with E-state index in [1.165, 1.54) is 0 Å². The van der Waals surface area contributed by atoms with E-state index in [4.69, 9.17) is 0 Å². The molecule has 1 amide bonds. The summed E-state index contributed by atoms with van der Waals surface area (Å²) in [7, 11) is 0. The van der Waals surface area contributed by atoms with Crippen LogP contribution in [0.25, 0.3) is 0 Å². The first-order chi connectivity index (χ1) is 12.6. The molecule has 0 aromatic heterocycles. The van der Waals surface area contributed by atoms with E-state index in [0.29, 0.717) is 0 Å². The number of anilines is 2. The minimum atomic E-state index is -0.867. The number of carbonyl (C=O) groups excluding carboxylic acids is 1. The second-order valence-electron chi connectivity index (χ2n) is 7.05. The molecule has 4 unspecified atom stereocenters. The number of aliphatic carboxylic acids is 1. The van der Waals surface area contributed by atoms with Crippen LogP contribution >= 0.6 is 11.8 Å². The van der Waals surface area contributed by atoms with Gasteiger partial charge in [0.2, 0.25) is 5.91 Å². The smallest absolute Gasteiger partial charge is 0.307 e. The Balaban J connectivity index is 1.63. The molecule has 2 bridgehead atoms. The van der Waals surface area contributed by atoms with E-state index in [0.717, 1.165) is 27.6 Å². The van der Waals surface area contributed by atoms with Crippen molar-refractivity contribution < 1.29 is 14.7 Å². The summed E-state index contributed by atoms with van der Waals surface area (Å²) in [6, 6.07) is 15.7. The summed E-state index contributed by atoms with van der Waals surface area (Å²) in [5.41, 5.74) is 1.69. The lowest BCUT2D eigenvalue weighted by Gasteiger charge is -2.35. The summed E-state index contributed by atoms with van der Waals surface area (Å²) >= 11 is 1.64. The fourth-order valence-corrected chi connectivity index (χ4v) is 5.64. The Labute approximate surface area is 155 Å². The Kier molecular flexibility index (Phi) is 3.47. The zero-order valence-electron chi connectivity index (χ0n) is 13.9. The predicted octanol–water partition coefficient (Wildman–Crippen LogP) is 4.34. The zero-order chi connectivity index (χ0) is 17.8. The zero-order valence-corrected chi connectivity index (χ0v) is 14.7. The Morgan fingerprint density at radius 3 is 2.00 bits per heavy atom. The average molecular weight is 363 g/mol. The number of para-hydroxylation sites is 2. The van der Waals surface area contributed by atoms with Crippen LogP contribution in [0, 0.1) is 23.7 Å². The fourth-order valence-electron chi connectivity index (χ4n) is 4.59. The Morgan fingerprint density at radius 2 is 1.42 bits per heavy atom. The van der Waals surface area contributed by atoms with Crippen molar-refractivity contribution in [2.45, 2.75) is 16.2 Å². The molecule has 26 heavy (non-hydrogen) atoms. The van der Waals surface area contributed by atoms with E-state index in [-0.39, 0.29) is 17.7 Å². The lowest BCUT2D eigenvalue weighted by molar-refractivity contribution is -0.147. The van der Waals surface area contributed by atoms with Crippen LogP contribution in [0.1, 0.15) is 6.42 Å². The van der Waals surface area contributed by atoms with Gasteiger partial charge >= 0.3 is 5.97 Å². The molecular formula is C21H17NO3S. The molecule has 1 aliphatic heterocycles. The Hall–Kier alpha value is -2.53. The molecule has 2 aromatic rings. The number of carboxylic acids is 1. The maximum atomic E-state index is 13.7. The Bertz CT molecular complexity index is 908. The van der Waals surface area contributed by atoms with Crippen molar-refractivity contribution in [2.24, 2.45) is 23.7 Å². The van der Waals surface area contributed by atoms with E-state index >= 15 is 0 Å². The summed E-state index contributed by atoms with van der Waals surface area (Å²) in [4.78, 5) is 29.3. The van der Waals surface area contributed by atoms with Crippen LogP contribution in [-0.4, -0.2) is 17.0 Å². The molecule has 1 heterocycles. The summed E-state index contributed by atoms with van der Waals surface area (Å²) < 4.78 is 0. The van der Waals surface area contributed by atoms with Gasteiger partial charge in [0.25, 0.3) is 0 Å². The number of allylic oxidation sites excluding steroid dienone is 2. The molecule has 1 saturated carbocycles. The van der Waals surface area contributed by atoms with Crippen molar-refractivity contribution in [1.29, 1.82) is 0 Å². The van der Waals surface area contributed by atoms with Crippen molar-refractivity contribution >= 4 is 35.0 Å². The van der Waals surface area contributed by atoms with E-state index in [2.05, 4.69) is 0 Å². The van der Waals surface area contributed by atoms with Crippen molar-refractivity contribution in [3.63, 3.8) is 0 Å². The van der Waals surface area contributed by atoms with Gasteiger partial charge in [-0.25, -0.2) is 0 Å². The monoisotopic (exact) mass is 363 g/mol. The van der Waals surface area contributed by atoms with E-state index in [1.807, 2.05) is 60.7 Å². The second-order valence-corrected chi connectivity index (χ2v) is 8.13. The molecule has 1 N–H and O–H groups in total. The molecule has 130 valence electrons. The average Bonchev–Trinajstić information content (AvgIpc) is 3.27. The Morgan fingerprint density at radius 1 is 0.885 bits per heavy atom. The maximum Gasteiger partial charge on any atom is 0.307 e. The molecule has 5 rings (SSSR count). The molecule has 0 saturated heterocycles. The van der Waals surface area contributed by atoms with Crippen molar-refractivity contribution in [1.82, 2.24) is 0 Å². The summed E-state index contributed by atoms with van der Waals surface area (Å²) in [5.74, 6) is -2.13. The molecule has 4 nitrogen and oxygen atoms in total. The molecule has 2 aliphatic carbocycles. The fraction of sp³-hybridized carbons (Fsp3) is 0.238. The molecule has 1 fully saturated rings. The van der Waals surface area contributed by atoms with Gasteiger partial charge < -0.3 is 5.11 Å². The van der Waals surface area contributed by atoms with Crippen molar-refractivity contribution in [3.05, 3.63) is 60.7 Å². The molecule has 0 radical (unpaired) electrons.